The third-order valence-corrected chi connectivity index (χ3v) is 5.32. The molecule has 1 aliphatic heterocycles. The molecular formula is C16H23IN2. The van der Waals surface area contributed by atoms with Gasteiger partial charge >= 0.3 is 0 Å². The van der Waals surface area contributed by atoms with Crippen molar-refractivity contribution in [2.45, 2.75) is 44.1 Å². The lowest BCUT2D eigenvalue weighted by Crippen LogP contribution is -2.52. The first kappa shape index (κ1) is 13.7. The van der Waals surface area contributed by atoms with Crippen molar-refractivity contribution >= 4 is 28.3 Å². The molecule has 1 spiro atoms. The number of rotatable bonds is 1. The number of hydrogen-bond acceptors (Lipinski definition) is 2. The van der Waals surface area contributed by atoms with E-state index >= 15 is 0 Å². The minimum atomic E-state index is 0.387. The molecule has 1 N–H and O–H groups in total. The molecule has 0 radical (unpaired) electrons. The first-order chi connectivity index (χ1) is 9.27. The Morgan fingerprint density at radius 3 is 2.47 bits per heavy atom. The predicted octanol–water partition coefficient (Wildman–Crippen LogP) is 3.79. The molecule has 1 heterocycles. The molecule has 0 unspecified atom stereocenters. The zero-order chi connectivity index (χ0) is 13.1. The van der Waals surface area contributed by atoms with Crippen LogP contribution in [0.25, 0.3) is 0 Å². The molecular weight excluding hydrogens is 347 g/mol. The summed E-state index contributed by atoms with van der Waals surface area (Å²) >= 11 is 2.38. The highest BCUT2D eigenvalue weighted by atomic mass is 127. The van der Waals surface area contributed by atoms with Gasteiger partial charge in [0.2, 0.25) is 0 Å². The van der Waals surface area contributed by atoms with Gasteiger partial charge in [0.05, 0.1) is 0 Å². The second-order valence-electron chi connectivity index (χ2n) is 6.02. The lowest BCUT2D eigenvalue weighted by molar-refractivity contribution is 0.246. The minimum absolute atomic E-state index is 0.387. The molecule has 2 nitrogen and oxygen atoms in total. The van der Waals surface area contributed by atoms with Gasteiger partial charge in [0.15, 0.2) is 0 Å². The molecule has 1 aliphatic carbocycles. The minimum Gasteiger partial charge on any atom is -0.370 e. The molecule has 19 heavy (non-hydrogen) atoms. The Kier molecular flexibility index (Phi) is 4.32. The van der Waals surface area contributed by atoms with E-state index in [1.54, 1.807) is 0 Å². The second kappa shape index (κ2) is 6.00. The van der Waals surface area contributed by atoms with Crippen LogP contribution in [0.1, 0.15) is 38.5 Å². The van der Waals surface area contributed by atoms with Crippen LogP contribution in [0.3, 0.4) is 0 Å². The van der Waals surface area contributed by atoms with E-state index in [4.69, 9.17) is 0 Å². The van der Waals surface area contributed by atoms with E-state index in [9.17, 15) is 0 Å². The largest absolute Gasteiger partial charge is 0.370 e. The summed E-state index contributed by atoms with van der Waals surface area (Å²) in [4.78, 5) is 2.60. The summed E-state index contributed by atoms with van der Waals surface area (Å²) in [5, 5.41) is 3.86. The third kappa shape index (κ3) is 3.24. The van der Waals surface area contributed by atoms with Crippen molar-refractivity contribution in [1.29, 1.82) is 0 Å². The quantitative estimate of drug-likeness (QED) is 0.757. The van der Waals surface area contributed by atoms with Gasteiger partial charge in [-0.25, -0.2) is 0 Å². The molecule has 1 saturated heterocycles. The van der Waals surface area contributed by atoms with E-state index in [0.717, 1.165) is 0 Å². The zero-order valence-corrected chi connectivity index (χ0v) is 13.7. The summed E-state index contributed by atoms with van der Waals surface area (Å²) < 4.78 is 1.32. The maximum Gasteiger partial charge on any atom is 0.0367 e. The van der Waals surface area contributed by atoms with Crippen LogP contribution in [-0.4, -0.2) is 25.2 Å². The summed E-state index contributed by atoms with van der Waals surface area (Å²) in [5.74, 6) is 0. The maximum absolute atomic E-state index is 3.86. The van der Waals surface area contributed by atoms with Crippen molar-refractivity contribution < 1.29 is 0 Å². The molecule has 0 bridgehead atoms. The Bertz CT molecular complexity index is 409. The third-order valence-electron chi connectivity index (χ3n) is 4.60. The topological polar surface area (TPSA) is 15.3 Å². The molecule has 2 fully saturated rings. The van der Waals surface area contributed by atoms with Gasteiger partial charge in [0, 0.05) is 27.9 Å². The highest BCUT2D eigenvalue weighted by molar-refractivity contribution is 14.1. The smallest absolute Gasteiger partial charge is 0.0367 e. The van der Waals surface area contributed by atoms with Crippen LogP contribution in [0.5, 0.6) is 0 Å². The lowest BCUT2D eigenvalue weighted by Gasteiger charge is -2.40. The predicted molar refractivity (Wildman–Crippen MR) is 89.8 cm³/mol. The van der Waals surface area contributed by atoms with Crippen LogP contribution in [0.15, 0.2) is 24.3 Å². The van der Waals surface area contributed by atoms with Gasteiger partial charge < -0.3 is 10.2 Å². The SMILES string of the molecule is Ic1ccc(N2CCCNC3(CCCCC3)C2)cc1. The van der Waals surface area contributed by atoms with E-state index in [1.807, 2.05) is 0 Å². The van der Waals surface area contributed by atoms with Gasteiger partial charge in [-0.1, -0.05) is 19.3 Å². The Morgan fingerprint density at radius 1 is 1.00 bits per heavy atom. The molecule has 1 aromatic carbocycles. The number of hydrogen-bond donors (Lipinski definition) is 1. The standard InChI is InChI=1S/C16H23IN2/c17-14-5-7-15(8-6-14)19-12-4-11-18-16(13-19)9-2-1-3-10-16/h5-8,18H,1-4,9-13H2. The Morgan fingerprint density at radius 2 is 1.74 bits per heavy atom. The van der Waals surface area contributed by atoms with E-state index < -0.39 is 0 Å². The molecule has 2 aliphatic rings. The Labute approximate surface area is 130 Å². The average Bonchev–Trinajstić information content (AvgIpc) is 2.64. The monoisotopic (exact) mass is 370 g/mol. The van der Waals surface area contributed by atoms with E-state index in [-0.39, 0.29) is 0 Å². The lowest BCUT2D eigenvalue weighted by atomic mass is 9.81. The highest BCUT2D eigenvalue weighted by Crippen LogP contribution is 2.32. The number of nitrogens with one attached hydrogen (secondary N) is 1. The number of benzene rings is 1. The second-order valence-corrected chi connectivity index (χ2v) is 7.26. The van der Waals surface area contributed by atoms with Crippen LogP contribution in [0.4, 0.5) is 5.69 Å². The average molecular weight is 370 g/mol. The van der Waals surface area contributed by atoms with Crippen molar-refractivity contribution in [1.82, 2.24) is 5.32 Å². The molecule has 3 heteroatoms. The molecule has 1 aromatic rings. The Balaban J connectivity index is 1.78. The first-order valence-electron chi connectivity index (χ1n) is 7.53. The Hall–Kier alpha value is -0.290. The van der Waals surface area contributed by atoms with Crippen molar-refractivity contribution in [3.05, 3.63) is 27.8 Å². The summed E-state index contributed by atoms with van der Waals surface area (Å²) in [6.45, 7) is 3.56. The van der Waals surface area contributed by atoms with Crippen LogP contribution in [-0.2, 0) is 0 Å². The van der Waals surface area contributed by atoms with Gasteiger partial charge in [-0.3, -0.25) is 0 Å². The molecule has 104 valence electrons. The van der Waals surface area contributed by atoms with Crippen molar-refractivity contribution in [3.8, 4) is 0 Å². The maximum atomic E-state index is 3.86. The van der Waals surface area contributed by atoms with Crippen LogP contribution < -0.4 is 10.2 Å². The molecule has 1 saturated carbocycles. The zero-order valence-electron chi connectivity index (χ0n) is 11.5. The van der Waals surface area contributed by atoms with Crippen molar-refractivity contribution in [3.63, 3.8) is 0 Å². The summed E-state index contributed by atoms with van der Waals surface area (Å²) in [6.07, 6.45) is 8.18. The fourth-order valence-electron chi connectivity index (χ4n) is 3.56. The van der Waals surface area contributed by atoms with E-state index in [1.165, 1.54) is 67.4 Å². The van der Waals surface area contributed by atoms with E-state index in [0.29, 0.717) is 5.54 Å². The van der Waals surface area contributed by atoms with Crippen LogP contribution >= 0.6 is 22.6 Å². The summed E-state index contributed by atoms with van der Waals surface area (Å²) in [7, 11) is 0. The van der Waals surface area contributed by atoms with E-state index in [2.05, 4.69) is 57.1 Å². The van der Waals surface area contributed by atoms with Crippen LogP contribution in [0, 0.1) is 3.57 Å². The van der Waals surface area contributed by atoms with Gasteiger partial charge in [0.25, 0.3) is 0 Å². The summed E-state index contributed by atoms with van der Waals surface area (Å²) in [6, 6.07) is 9.01. The van der Waals surface area contributed by atoms with Gasteiger partial charge in [0.1, 0.15) is 0 Å². The van der Waals surface area contributed by atoms with Crippen LogP contribution in [0.2, 0.25) is 0 Å². The molecule has 3 rings (SSSR count). The summed E-state index contributed by atoms with van der Waals surface area (Å²) in [5.41, 5.74) is 1.78. The fraction of sp³-hybridized carbons (Fsp3) is 0.625. The van der Waals surface area contributed by atoms with Gasteiger partial charge in [-0.2, -0.15) is 0 Å². The molecule has 0 atom stereocenters. The van der Waals surface area contributed by atoms with Gasteiger partial charge in [-0.05, 0) is 72.7 Å². The fourth-order valence-corrected chi connectivity index (χ4v) is 3.92. The highest BCUT2D eigenvalue weighted by Gasteiger charge is 2.34. The number of nitrogens with zero attached hydrogens (tertiary/aromatic N) is 1. The normalized spacial score (nSPS) is 23.3. The molecule has 0 aromatic heterocycles. The van der Waals surface area contributed by atoms with Gasteiger partial charge in [-0.15, -0.1) is 0 Å². The number of halogens is 1. The number of anilines is 1. The van der Waals surface area contributed by atoms with Crippen molar-refractivity contribution in [2.24, 2.45) is 0 Å². The first-order valence-corrected chi connectivity index (χ1v) is 8.61. The van der Waals surface area contributed by atoms with Crippen molar-refractivity contribution in [2.75, 3.05) is 24.5 Å². The molecule has 0 amide bonds.